The second kappa shape index (κ2) is 7.11. The van der Waals surface area contributed by atoms with Crippen LogP contribution in [0.4, 0.5) is 0 Å². The van der Waals surface area contributed by atoms with Crippen molar-refractivity contribution in [3.8, 4) is 39.8 Å². The molecule has 1 N–H and O–H groups in total. The highest BCUT2D eigenvalue weighted by molar-refractivity contribution is 5.84. The molecule has 30 heavy (non-hydrogen) atoms. The number of nitrogens with zero attached hydrogens (tertiary/aromatic N) is 3. The minimum atomic E-state index is 0.550. The zero-order valence-electron chi connectivity index (χ0n) is 16.8. The lowest BCUT2D eigenvalue weighted by Crippen LogP contribution is -1.99. The van der Waals surface area contributed by atoms with Gasteiger partial charge in [-0.1, -0.05) is 12.1 Å². The fraction of sp³-hybridized carbons (Fsp3) is 0.130. The minimum absolute atomic E-state index is 0.550. The molecule has 0 aliphatic heterocycles. The summed E-state index contributed by atoms with van der Waals surface area (Å²) in [6.45, 7) is 0. The molecule has 150 valence electrons. The lowest BCUT2D eigenvalue weighted by molar-refractivity contribution is 0.324. The Morgan fingerprint density at radius 3 is 2.37 bits per heavy atom. The summed E-state index contributed by atoms with van der Waals surface area (Å²) in [5, 5.41) is 6.00. The van der Waals surface area contributed by atoms with Gasteiger partial charge < -0.3 is 19.2 Å². The van der Waals surface area contributed by atoms with Crippen LogP contribution in [0, 0.1) is 0 Å². The van der Waals surface area contributed by atoms with Gasteiger partial charge in [0.2, 0.25) is 5.75 Å². The van der Waals surface area contributed by atoms with E-state index in [0.29, 0.717) is 17.2 Å². The number of hydrogen-bond donors (Lipinski definition) is 1. The lowest BCUT2D eigenvalue weighted by Gasteiger charge is -2.14. The van der Waals surface area contributed by atoms with Crippen LogP contribution >= 0.6 is 0 Å². The Morgan fingerprint density at radius 1 is 0.833 bits per heavy atom. The molecule has 5 rings (SSSR count). The summed E-state index contributed by atoms with van der Waals surface area (Å²) >= 11 is 0. The Balaban J connectivity index is 1.67. The number of H-pyrrole nitrogens is 1. The van der Waals surface area contributed by atoms with Crippen molar-refractivity contribution in [1.82, 2.24) is 19.6 Å². The van der Waals surface area contributed by atoms with E-state index in [9.17, 15) is 0 Å². The standard InChI is InChI=1S/C23H20N4O3/c1-28-20-11-16(12-21(29-2)23(20)30-3)19-7-9-25-22-13-18(26-27(19)22)15-5-4-14-6-8-24-17(14)10-15/h4-13,24H,1-3H3. The number of methoxy groups -OCH3 is 3. The van der Waals surface area contributed by atoms with Gasteiger partial charge >= 0.3 is 0 Å². The fourth-order valence-electron chi connectivity index (χ4n) is 3.69. The maximum Gasteiger partial charge on any atom is 0.203 e. The average Bonchev–Trinajstić information content (AvgIpc) is 3.43. The molecule has 0 atom stereocenters. The Labute approximate surface area is 172 Å². The third-order valence-corrected chi connectivity index (χ3v) is 5.17. The van der Waals surface area contributed by atoms with Gasteiger partial charge in [-0.25, -0.2) is 9.50 Å². The minimum Gasteiger partial charge on any atom is -0.493 e. The summed E-state index contributed by atoms with van der Waals surface area (Å²) < 4.78 is 18.3. The molecule has 0 radical (unpaired) electrons. The van der Waals surface area contributed by atoms with E-state index in [-0.39, 0.29) is 0 Å². The molecule has 0 amide bonds. The molecule has 5 aromatic rings. The van der Waals surface area contributed by atoms with E-state index in [1.54, 1.807) is 27.5 Å². The van der Waals surface area contributed by atoms with E-state index in [4.69, 9.17) is 19.3 Å². The van der Waals surface area contributed by atoms with Gasteiger partial charge in [-0.05, 0) is 35.7 Å². The van der Waals surface area contributed by atoms with Gasteiger partial charge in [-0.15, -0.1) is 0 Å². The first-order chi connectivity index (χ1) is 14.7. The number of aromatic nitrogens is 4. The fourth-order valence-corrected chi connectivity index (χ4v) is 3.69. The predicted molar refractivity (Wildman–Crippen MR) is 115 cm³/mol. The zero-order valence-corrected chi connectivity index (χ0v) is 16.8. The highest BCUT2D eigenvalue weighted by atomic mass is 16.5. The highest BCUT2D eigenvalue weighted by Gasteiger charge is 2.17. The van der Waals surface area contributed by atoms with E-state index in [0.717, 1.165) is 33.7 Å². The van der Waals surface area contributed by atoms with Crippen molar-refractivity contribution in [1.29, 1.82) is 0 Å². The maximum atomic E-state index is 5.51. The van der Waals surface area contributed by atoms with Gasteiger partial charge in [0.1, 0.15) is 0 Å². The molecule has 3 aromatic heterocycles. The van der Waals surface area contributed by atoms with Crippen LogP contribution in [0.2, 0.25) is 0 Å². The van der Waals surface area contributed by atoms with E-state index >= 15 is 0 Å². The van der Waals surface area contributed by atoms with E-state index in [2.05, 4.69) is 28.2 Å². The number of fused-ring (bicyclic) bond motifs is 2. The van der Waals surface area contributed by atoms with Gasteiger partial charge in [-0.3, -0.25) is 0 Å². The van der Waals surface area contributed by atoms with Crippen LogP contribution in [0.25, 0.3) is 39.1 Å². The molecule has 3 heterocycles. The highest BCUT2D eigenvalue weighted by Crippen LogP contribution is 2.41. The van der Waals surface area contributed by atoms with Crippen molar-refractivity contribution < 1.29 is 14.2 Å². The Morgan fingerprint density at radius 2 is 1.63 bits per heavy atom. The summed E-state index contributed by atoms with van der Waals surface area (Å²) in [5.74, 6) is 1.72. The Kier molecular flexibility index (Phi) is 4.28. The first kappa shape index (κ1) is 18.1. The Bertz CT molecular complexity index is 1340. The van der Waals surface area contributed by atoms with Crippen molar-refractivity contribution in [3.05, 3.63) is 60.9 Å². The molecule has 7 heteroatoms. The van der Waals surface area contributed by atoms with Crippen LogP contribution in [0.1, 0.15) is 0 Å². The van der Waals surface area contributed by atoms with Gasteiger partial charge in [0.05, 0.1) is 32.7 Å². The van der Waals surface area contributed by atoms with Crippen molar-refractivity contribution >= 4 is 16.6 Å². The van der Waals surface area contributed by atoms with E-state index in [1.807, 2.05) is 41.0 Å². The van der Waals surface area contributed by atoms with Crippen molar-refractivity contribution in [2.75, 3.05) is 21.3 Å². The van der Waals surface area contributed by atoms with E-state index < -0.39 is 0 Å². The molecule has 2 aromatic carbocycles. The smallest absolute Gasteiger partial charge is 0.203 e. The molecule has 0 aliphatic rings. The molecule has 0 bridgehead atoms. The predicted octanol–water partition coefficient (Wildman–Crippen LogP) is 4.57. The normalized spacial score (nSPS) is 11.2. The molecule has 0 saturated heterocycles. The first-order valence-corrected chi connectivity index (χ1v) is 9.44. The van der Waals surface area contributed by atoms with Crippen molar-refractivity contribution in [3.63, 3.8) is 0 Å². The number of hydrogen-bond acceptors (Lipinski definition) is 5. The van der Waals surface area contributed by atoms with Crippen molar-refractivity contribution in [2.24, 2.45) is 0 Å². The molecular formula is C23H20N4O3. The number of nitrogens with one attached hydrogen (secondary N) is 1. The number of aromatic amines is 1. The van der Waals surface area contributed by atoms with Gasteiger partial charge in [-0.2, -0.15) is 5.10 Å². The summed E-state index contributed by atoms with van der Waals surface area (Å²) in [4.78, 5) is 7.74. The summed E-state index contributed by atoms with van der Waals surface area (Å²) in [7, 11) is 4.80. The molecule has 0 unspecified atom stereocenters. The van der Waals surface area contributed by atoms with Gasteiger partial charge in [0.25, 0.3) is 0 Å². The second-order valence-corrected chi connectivity index (χ2v) is 6.82. The first-order valence-electron chi connectivity index (χ1n) is 9.44. The molecule has 7 nitrogen and oxygen atoms in total. The molecule has 0 aliphatic carbocycles. The number of benzene rings is 2. The number of ether oxygens (including phenoxy) is 3. The third-order valence-electron chi connectivity index (χ3n) is 5.17. The van der Waals surface area contributed by atoms with Crippen LogP contribution in [-0.4, -0.2) is 40.9 Å². The largest absolute Gasteiger partial charge is 0.493 e. The molecule has 0 fully saturated rings. The van der Waals surface area contributed by atoms with Crippen LogP contribution in [0.5, 0.6) is 17.2 Å². The zero-order chi connectivity index (χ0) is 20.7. The van der Waals surface area contributed by atoms with Crippen LogP contribution in [-0.2, 0) is 0 Å². The Hall–Kier alpha value is -4.00. The summed E-state index contributed by atoms with van der Waals surface area (Å²) in [6.07, 6.45) is 3.70. The van der Waals surface area contributed by atoms with Gasteiger partial charge in [0, 0.05) is 35.1 Å². The van der Waals surface area contributed by atoms with E-state index in [1.165, 1.54) is 5.39 Å². The van der Waals surface area contributed by atoms with Gasteiger partial charge in [0.15, 0.2) is 17.1 Å². The quantitative estimate of drug-likeness (QED) is 0.468. The number of rotatable bonds is 5. The lowest BCUT2D eigenvalue weighted by atomic mass is 10.1. The van der Waals surface area contributed by atoms with Crippen LogP contribution < -0.4 is 14.2 Å². The molecular weight excluding hydrogens is 380 g/mol. The average molecular weight is 400 g/mol. The maximum absolute atomic E-state index is 5.51. The monoisotopic (exact) mass is 400 g/mol. The van der Waals surface area contributed by atoms with Crippen LogP contribution in [0.15, 0.2) is 60.9 Å². The van der Waals surface area contributed by atoms with Crippen LogP contribution in [0.3, 0.4) is 0 Å². The molecule has 0 saturated carbocycles. The SMILES string of the molecule is COc1cc(-c2ccnc3cc(-c4ccc5cc[nH]c5c4)nn23)cc(OC)c1OC. The third kappa shape index (κ3) is 2.83. The molecule has 0 spiro atoms. The second-order valence-electron chi connectivity index (χ2n) is 6.82. The topological polar surface area (TPSA) is 73.7 Å². The summed E-state index contributed by atoms with van der Waals surface area (Å²) in [6, 6.07) is 16.0. The summed E-state index contributed by atoms with van der Waals surface area (Å²) in [5.41, 5.74) is 5.44. The van der Waals surface area contributed by atoms with Crippen molar-refractivity contribution in [2.45, 2.75) is 0 Å².